The molecule has 5 atom stereocenters. The molecule has 28 heteroatoms. The van der Waals surface area contributed by atoms with E-state index < -0.39 is 105 Å². The fourth-order valence-corrected chi connectivity index (χ4v) is 8.87. The molecule has 2 aliphatic heterocycles. The SMILES string of the molecule is CCS(=O)(=O)N1CC(CC#N)(n2cc(-c3ncnc4c3ccn4C(=O)N(C)CCN(C)C(=O)OCc3ccc(O[C@@H]4O[C@H](C(=O)OC)[C@@H](OC(C)=O)[C@H](OC(C)=O)[C@H]4OC(C)=O)c([N+](=O)[O-])c3)cn2)C1. The number of likely N-dealkylation sites (N-methyl/N-ethyl adjacent to an activating group) is 2. The third-order valence-electron chi connectivity index (χ3n) is 11.2. The second-order valence-corrected chi connectivity index (χ2v) is 18.3. The molecular weight excluding hydrogens is 949 g/mol. The molecule has 374 valence electrons. The molecule has 3 aromatic heterocycles. The van der Waals surface area contributed by atoms with Crippen molar-refractivity contribution in [2.24, 2.45) is 0 Å². The summed E-state index contributed by atoms with van der Waals surface area (Å²) in [4.78, 5) is 98.6. The minimum absolute atomic E-state index is 0.0157. The van der Waals surface area contributed by atoms with Gasteiger partial charge in [-0.15, -0.1) is 0 Å². The van der Waals surface area contributed by atoms with Gasteiger partial charge in [0.15, 0.2) is 29.7 Å². The van der Waals surface area contributed by atoms with Crippen LogP contribution in [0.4, 0.5) is 15.3 Å². The number of nitrogens with zero attached hydrogens (tertiary/aromatic N) is 10. The second kappa shape index (κ2) is 21.3. The number of sulfonamides is 1. The van der Waals surface area contributed by atoms with E-state index in [0.29, 0.717) is 16.6 Å². The van der Waals surface area contributed by atoms with Crippen LogP contribution in [0.3, 0.4) is 0 Å². The van der Waals surface area contributed by atoms with Crippen LogP contribution in [0.1, 0.15) is 39.7 Å². The van der Waals surface area contributed by atoms with Gasteiger partial charge in [-0.1, -0.05) is 6.07 Å². The molecule has 2 aliphatic rings. The first-order chi connectivity index (χ1) is 33.1. The lowest BCUT2D eigenvalue weighted by molar-refractivity contribution is -0.387. The molecule has 0 spiro atoms. The summed E-state index contributed by atoms with van der Waals surface area (Å²) in [6.07, 6.45) is -3.68. The van der Waals surface area contributed by atoms with Crippen LogP contribution in [0.5, 0.6) is 5.75 Å². The largest absolute Gasteiger partial charge is 0.467 e. The Balaban J connectivity index is 1.09. The van der Waals surface area contributed by atoms with E-state index in [1.54, 1.807) is 23.9 Å². The molecule has 0 N–H and O–H groups in total. The van der Waals surface area contributed by atoms with Crippen molar-refractivity contribution in [1.29, 1.82) is 5.26 Å². The number of methoxy groups -OCH3 is 1. The van der Waals surface area contributed by atoms with E-state index in [2.05, 4.69) is 21.1 Å². The zero-order chi connectivity index (χ0) is 51.2. The highest BCUT2D eigenvalue weighted by Gasteiger charge is 2.56. The number of aromatic nitrogens is 5. The predicted molar refractivity (Wildman–Crippen MR) is 235 cm³/mol. The number of nitriles is 1. The number of ether oxygens (including phenoxy) is 7. The van der Waals surface area contributed by atoms with Crippen molar-refractivity contribution in [1.82, 2.24) is 38.4 Å². The molecular formula is C42H48N10O17S. The van der Waals surface area contributed by atoms with Crippen LogP contribution in [0.25, 0.3) is 22.3 Å². The molecule has 2 amide bonds. The third kappa shape index (κ3) is 11.1. The predicted octanol–water partition coefficient (Wildman–Crippen LogP) is 1.72. The maximum absolute atomic E-state index is 13.7. The fraction of sp³-hybridized carbons (Fsp3) is 0.476. The first-order valence-corrected chi connectivity index (χ1v) is 22.8. The zero-order valence-electron chi connectivity index (χ0n) is 38.8. The quantitative estimate of drug-likeness (QED) is 0.0629. The molecule has 0 saturated carbocycles. The summed E-state index contributed by atoms with van der Waals surface area (Å²) in [5, 5.41) is 26.8. The van der Waals surface area contributed by atoms with Crippen molar-refractivity contribution < 1.29 is 75.3 Å². The average Bonchev–Trinajstić information content (AvgIpc) is 3.98. The van der Waals surface area contributed by atoms with E-state index in [4.69, 9.17) is 33.2 Å². The minimum atomic E-state index is -3.46. The lowest BCUT2D eigenvalue weighted by Crippen LogP contribution is -2.64. The molecule has 2 saturated heterocycles. The Morgan fingerprint density at radius 2 is 1.63 bits per heavy atom. The van der Waals surface area contributed by atoms with E-state index in [-0.39, 0.29) is 49.6 Å². The Bertz CT molecular complexity index is 2840. The summed E-state index contributed by atoms with van der Waals surface area (Å²) >= 11 is 0. The molecule has 0 radical (unpaired) electrons. The molecule has 0 unspecified atom stereocenters. The molecule has 0 bridgehead atoms. The molecule has 0 aliphatic carbocycles. The Morgan fingerprint density at radius 1 is 0.971 bits per heavy atom. The van der Waals surface area contributed by atoms with E-state index in [9.17, 15) is 52.6 Å². The fourth-order valence-electron chi connectivity index (χ4n) is 7.64. The minimum Gasteiger partial charge on any atom is -0.467 e. The Labute approximate surface area is 398 Å². The Kier molecular flexibility index (Phi) is 15.7. The van der Waals surface area contributed by atoms with Gasteiger partial charge in [-0.25, -0.2) is 32.8 Å². The van der Waals surface area contributed by atoms with E-state index in [1.807, 2.05) is 0 Å². The number of amides is 2. The van der Waals surface area contributed by atoms with Crippen LogP contribution in [0, 0.1) is 21.4 Å². The highest BCUT2D eigenvalue weighted by Crippen LogP contribution is 2.37. The molecule has 5 heterocycles. The van der Waals surface area contributed by atoms with Crippen LogP contribution >= 0.6 is 0 Å². The topological polar surface area (TPSA) is 326 Å². The number of nitro groups is 1. The zero-order valence-corrected chi connectivity index (χ0v) is 39.6. The molecule has 4 aromatic rings. The first-order valence-electron chi connectivity index (χ1n) is 21.2. The first kappa shape index (κ1) is 51.6. The van der Waals surface area contributed by atoms with E-state index in [1.165, 1.54) is 57.6 Å². The number of fused-ring (bicyclic) bond motifs is 1. The summed E-state index contributed by atoms with van der Waals surface area (Å²) < 4.78 is 66.5. The summed E-state index contributed by atoms with van der Waals surface area (Å²) in [5.74, 6) is -4.49. The number of nitro benzene ring substituents is 1. The number of esters is 4. The van der Waals surface area contributed by atoms with Gasteiger partial charge < -0.3 is 43.0 Å². The van der Waals surface area contributed by atoms with Crippen molar-refractivity contribution in [3.63, 3.8) is 0 Å². The monoisotopic (exact) mass is 996 g/mol. The summed E-state index contributed by atoms with van der Waals surface area (Å²) in [6.45, 7) is 4.25. The Morgan fingerprint density at radius 3 is 2.26 bits per heavy atom. The van der Waals surface area contributed by atoms with Gasteiger partial charge in [0.25, 0.3) is 0 Å². The van der Waals surface area contributed by atoms with Crippen LogP contribution < -0.4 is 4.74 Å². The lowest BCUT2D eigenvalue weighted by atomic mass is 9.89. The highest BCUT2D eigenvalue weighted by atomic mass is 32.2. The number of rotatable bonds is 17. The van der Waals surface area contributed by atoms with Gasteiger partial charge in [-0.05, 0) is 24.6 Å². The summed E-state index contributed by atoms with van der Waals surface area (Å²) in [6, 6.07) is 6.73. The highest BCUT2D eigenvalue weighted by molar-refractivity contribution is 7.89. The Hall–Kier alpha value is -7.77. The van der Waals surface area contributed by atoms with Crippen molar-refractivity contribution in [2.45, 2.75) is 77.0 Å². The van der Waals surface area contributed by atoms with Gasteiger partial charge in [-0.3, -0.25) is 33.7 Å². The normalized spacial score (nSPS) is 19.7. The second-order valence-electron chi connectivity index (χ2n) is 16.1. The van der Waals surface area contributed by atoms with Crippen LogP contribution in [0.2, 0.25) is 0 Å². The number of carbonyl (C=O) groups is 6. The molecule has 27 nitrogen and oxygen atoms in total. The average molecular weight is 997 g/mol. The summed E-state index contributed by atoms with van der Waals surface area (Å²) in [7, 11) is 0.455. The lowest BCUT2D eigenvalue weighted by Gasteiger charge is -2.47. The van der Waals surface area contributed by atoms with Gasteiger partial charge in [-0.2, -0.15) is 14.7 Å². The van der Waals surface area contributed by atoms with Gasteiger partial charge >= 0.3 is 41.7 Å². The number of benzene rings is 1. The van der Waals surface area contributed by atoms with Gasteiger partial charge in [0.05, 0.1) is 42.2 Å². The van der Waals surface area contributed by atoms with Gasteiger partial charge in [0.1, 0.15) is 18.5 Å². The molecule has 2 fully saturated rings. The molecule has 70 heavy (non-hydrogen) atoms. The molecule has 1 aromatic carbocycles. The maximum atomic E-state index is 13.7. The van der Waals surface area contributed by atoms with Crippen molar-refractivity contribution in [2.75, 3.05) is 53.1 Å². The van der Waals surface area contributed by atoms with Crippen molar-refractivity contribution in [3.8, 4) is 23.1 Å². The van der Waals surface area contributed by atoms with Crippen LogP contribution in [-0.4, -0.2) is 172 Å². The van der Waals surface area contributed by atoms with Gasteiger partial charge in [0.2, 0.25) is 22.4 Å². The molecule has 6 rings (SSSR count). The van der Waals surface area contributed by atoms with Crippen molar-refractivity contribution in [3.05, 3.63) is 64.9 Å². The van der Waals surface area contributed by atoms with E-state index in [0.717, 1.165) is 40.0 Å². The standard InChI is InChI=1S/C42H48N10O17S/c1-8-70(61,62)49-21-42(22-49,12-13-43)51-19-28(18-46-51)32-29-11-14-50(37(29)45-23-44-32)40(57)47(5)15-16-48(6)41(58)64-20-27-9-10-31(30(17-27)52(59)60)68-39-36(67-26(4)55)34(66-25(3)54)33(65-24(2)53)35(69-39)38(56)63-7/h9-11,14,17-19,23,33-36,39H,8,12,15-16,20-22H2,1-7H3/t33-,34-,35-,36+,39+/m0/s1. The van der Waals surface area contributed by atoms with Crippen LogP contribution in [-0.2, 0) is 69.8 Å². The maximum Gasteiger partial charge on any atom is 0.409 e. The van der Waals surface area contributed by atoms with E-state index >= 15 is 0 Å². The number of hydrogen-bond donors (Lipinski definition) is 0. The van der Waals surface area contributed by atoms with Crippen molar-refractivity contribution >= 4 is 62.7 Å². The number of carbonyl (C=O) groups excluding carboxylic acids is 6. The van der Waals surface area contributed by atoms with Gasteiger partial charge in [0, 0.05) is 90.5 Å². The summed E-state index contributed by atoms with van der Waals surface area (Å²) in [5.41, 5.74) is -0.167. The number of hydrogen-bond acceptors (Lipinski definition) is 21. The smallest absolute Gasteiger partial charge is 0.409 e. The van der Waals surface area contributed by atoms with Crippen LogP contribution in [0.15, 0.2) is 49.2 Å². The third-order valence-corrected chi connectivity index (χ3v) is 13.0.